The maximum atomic E-state index is 11.9. The van der Waals surface area contributed by atoms with Gasteiger partial charge in [0.25, 0.3) is 0 Å². The molecule has 2 heterocycles. The van der Waals surface area contributed by atoms with Crippen LogP contribution in [-0.4, -0.2) is 24.1 Å². The Balaban J connectivity index is 1.86. The van der Waals surface area contributed by atoms with Crippen LogP contribution in [0.1, 0.15) is 46.0 Å². The first kappa shape index (κ1) is 16.7. The number of fused-ring (bicyclic) bond motifs is 2. The van der Waals surface area contributed by atoms with Gasteiger partial charge in [-0.2, -0.15) is 0 Å². The van der Waals surface area contributed by atoms with Gasteiger partial charge in [0.1, 0.15) is 12.2 Å². The molecule has 128 valence electrons. The molecule has 3 rings (SSSR count). The predicted octanol–water partition coefficient (Wildman–Crippen LogP) is 3.79. The van der Waals surface area contributed by atoms with E-state index in [0.29, 0.717) is 12.0 Å². The second kappa shape index (κ2) is 6.80. The van der Waals surface area contributed by atoms with Gasteiger partial charge in [-0.1, -0.05) is 23.8 Å². The monoisotopic (exact) mass is 328 g/mol. The normalized spacial score (nSPS) is 33.5. The molecule has 0 aromatic carbocycles. The Morgan fingerprint density at radius 3 is 2.62 bits per heavy atom. The van der Waals surface area contributed by atoms with Gasteiger partial charge in [0.05, 0.1) is 0 Å². The van der Waals surface area contributed by atoms with Crippen molar-refractivity contribution >= 4 is 11.9 Å². The van der Waals surface area contributed by atoms with Crippen molar-refractivity contribution in [2.75, 3.05) is 0 Å². The van der Waals surface area contributed by atoms with E-state index in [1.807, 2.05) is 19.1 Å². The van der Waals surface area contributed by atoms with Crippen molar-refractivity contribution in [3.63, 3.8) is 0 Å². The highest BCUT2D eigenvalue weighted by molar-refractivity contribution is 5.91. The van der Waals surface area contributed by atoms with Crippen LogP contribution < -0.4 is 0 Å². The van der Waals surface area contributed by atoms with E-state index in [2.05, 4.69) is 19.6 Å². The fourth-order valence-corrected chi connectivity index (χ4v) is 3.57. The minimum atomic E-state index is -0.297. The molecule has 4 heteroatoms. The zero-order chi connectivity index (χ0) is 17.3. The van der Waals surface area contributed by atoms with Gasteiger partial charge in [0.2, 0.25) is 0 Å². The number of carbonyl (C=O) groups is 2. The van der Waals surface area contributed by atoms with Gasteiger partial charge in [-0.25, -0.2) is 9.59 Å². The van der Waals surface area contributed by atoms with Crippen LogP contribution in [-0.2, 0) is 19.1 Å². The molecule has 0 saturated carbocycles. The molecule has 0 radical (unpaired) electrons. The summed E-state index contributed by atoms with van der Waals surface area (Å²) in [6, 6.07) is 0. The lowest BCUT2D eigenvalue weighted by Crippen LogP contribution is -2.16. The molecule has 3 aliphatic rings. The maximum Gasteiger partial charge on any atom is 0.334 e. The SMILES string of the molecule is C=C1C(=O)OC2C=C(C)CC3C=C(CC/C=C(/C)CCC12)C(=O)O3. The van der Waals surface area contributed by atoms with Crippen LogP contribution in [0.5, 0.6) is 0 Å². The molecule has 0 aromatic heterocycles. The molecule has 0 N–H and O–H groups in total. The summed E-state index contributed by atoms with van der Waals surface area (Å²) < 4.78 is 10.9. The Hall–Kier alpha value is -2.10. The molecular weight excluding hydrogens is 304 g/mol. The Morgan fingerprint density at radius 1 is 1.04 bits per heavy atom. The summed E-state index contributed by atoms with van der Waals surface area (Å²) >= 11 is 0. The second-order valence-electron chi connectivity index (χ2n) is 6.98. The third-order valence-electron chi connectivity index (χ3n) is 4.99. The van der Waals surface area contributed by atoms with E-state index in [4.69, 9.17) is 9.47 Å². The first-order chi connectivity index (χ1) is 11.4. The summed E-state index contributed by atoms with van der Waals surface area (Å²) in [7, 11) is 0. The van der Waals surface area contributed by atoms with E-state index in [0.717, 1.165) is 36.8 Å². The van der Waals surface area contributed by atoms with Crippen LogP contribution >= 0.6 is 0 Å². The summed E-state index contributed by atoms with van der Waals surface area (Å²) in [5.74, 6) is -0.474. The number of allylic oxidation sites excluding steroid dienone is 2. The molecule has 0 aromatic rings. The minimum Gasteiger partial charge on any atom is -0.454 e. The topological polar surface area (TPSA) is 52.6 Å². The van der Waals surface area contributed by atoms with E-state index in [-0.39, 0.29) is 30.1 Å². The fourth-order valence-electron chi connectivity index (χ4n) is 3.57. The van der Waals surface area contributed by atoms with Crippen molar-refractivity contribution in [1.82, 2.24) is 0 Å². The largest absolute Gasteiger partial charge is 0.454 e. The van der Waals surface area contributed by atoms with E-state index >= 15 is 0 Å². The third kappa shape index (κ3) is 3.53. The van der Waals surface area contributed by atoms with Crippen LogP contribution in [0.4, 0.5) is 0 Å². The van der Waals surface area contributed by atoms with Crippen molar-refractivity contribution in [1.29, 1.82) is 0 Å². The van der Waals surface area contributed by atoms with Gasteiger partial charge in [0.15, 0.2) is 0 Å². The van der Waals surface area contributed by atoms with Gasteiger partial charge in [0, 0.05) is 23.5 Å². The lowest BCUT2D eigenvalue weighted by atomic mass is 9.89. The zero-order valence-electron chi connectivity index (χ0n) is 14.3. The fraction of sp³-hybridized carbons (Fsp3) is 0.500. The highest BCUT2D eigenvalue weighted by atomic mass is 16.6. The van der Waals surface area contributed by atoms with Crippen molar-refractivity contribution in [3.8, 4) is 0 Å². The van der Waals surface area contributed by atoms with E-state index in [1.54, 1.807) is 0 Å². The molecule has 1 aliphatic carbocycles. The molecule has 24 heavy (non-hydrogen) atoms. The maximum absolute atomic E-state index is 11.9. The van der Waals surface area contributed by atoms with Crippen LogP contribution in [0.2, 0.25) is 0 Å². The summed E-state index contributed by atoms with van der Waals surface area (Å²) in [5, 5.41) is 0. The number of esters is 2. The molecule has 1 fully saturated rings. The average molecular weight is 328 g/mol. The number of rotatable bonds is 0. The average Bonchev–Trinajstić information content (AvgIpc) is 2.97. The quantitative estimate of drug-likeness (QED) is 0.386. The number of ether oxygens (including phenoxy) is 2. The zero-order valence-corrected chi connectivity index (χ0v) is 14.3. The molecule has 3 atom stereocenters. The van der Waals surface area contributed by atoms with Crippen molar-refractivity contribution < 1.29 is 19.1 Å². The molecule has 4 nitrogen and oxygen atoms in total. The van der Waals surface area contributed by atoms with E-state index in [1.165, 1.54) is 5.57 Å². The molecule has 0 spiro atoms. The Morgan fingerprint density at radius 2 is 1.83 bits per heavy atom. The summed E-state index contributed by atoms with van der Waals surface area (Å²) in [5.41, 5.74) is 3.67. The predicted molar refractivity (Wildman–Crippen MR) is 91.1 cm³/mol. The lowest BCUT2D eigenvalue weighted by molar-refractivity contribution is -0.139. The van der Waals surface area contributed by atoms with Crippen molar-refractivity contribution in [2.24, 2.45) is 5.92 Å². The molecule has 0 amide bonds. The van der Waals surface area contributed by atoms with Gasteiger partial charge >= 0.3 is 11.9 Å². The summed E-state index contributed by atoms with van der Waals surface area (Å²) in [6.45, 7) is 8.00. The van der Waals surface area contributed by atoms with Crippen LogP contribution in [0.3, 0.4) is 0 Å². The van der Waals surface area contributed by atoms with Crippen molar-refractivity contribution in [3.05, 3.63) is 47.1 Å². The Bertz CT molecular complexity index is 665. The first-order valence-electron chi connectivity index (χ1n) is 8.58. The van der Waals surface area contributed by atoms with E-state index < -0.39 is 0 Å². The molecule has 2 bridgehead atoms. The van der Waals surface area contributed by atoms with E-state index in [9.17, 15) is 9.59 Å². The molecule has 1 saturated heterocycles. The Labute approximate surface area is 142 Å². The summed E-state index contributed by atoms with van der Waals surface area (Å²) in [4.78, 5) is 23.8. The molecule has 2 aliphatic heterocycles. The second-order valence-corrected chi connectivity index (χ2v) is 6.98. The summed E-state index contributed by atoms with van der Waals surface area (Å²) in [6.07, 6.45) is 9.56. The van der Waals surface area contributed by atoms with Crippen LogP contribution in [0.25, 0.3) is 0 Å². The highest BCUT2D eigenvalue weighted by Crippen LogP contribution is 2.34. The van der Waals surface area contributed by atoms with Gasteiger partial charge in [-0.3, -0.25) is 0 Å². The molecular formula is C20H24O4. The number of carbonyl (C=O) groups excluding carboxylic acids is 2. The van der Waals surface area contributed by atoms with Gasteiger partial charge < -0.3 is 9.47 Å². The smallest absolute Gasteiger partial charge is 0.334 e. The highest BCUT2D eigenvalue weighted by Gasteiger charge is 2.37. The van der Waals surface area contributed by atoms with Crippen LogP contribution in [0.15, 0.2) is 47.1 Å². The number of hydrogen-bond acceptors (Lipinski definition) is 4. The van der Waals surface area contributed by atoms with Gasteiger partial charge in [-0.05, 0) is 51.7 Å². The van der Waals surface area contributed by atoms with Gasteiger partial charge in [-0.15, -0.1) is 0 Å². The lowest BCUT2D eigenvalue weighted by Gasteiger charge is -2.16. The third-order valence-corrected chi connectivity index (χ3v) is 4.99. The van der Waals surface area contributed by atoms with Crippen LogP contribution in [0, 0.1) is 5.92 Å². The standard InChI is InChI=1S/C20H24O4/c1-12-5-4-6-15-11-16(23-20(15)22)9-13(2)10-18-17(8-7-12)14(3)19(21)24-18/h5,10-11,16-18H,3-4,6-9H2,1-2H3/b12-5-,13-10?. The first-order valence-corrected chi connectivity index (χ1v) is 8.58. The Kier molecular flexibility index (Phi) is 4.74. The number of hydrogen-bond donors (Lipinski definition) is 0. The minimum absolute atomic E-state index is 0.0240. The van der Waals surface area contributed by atoms with Crippen molar-refractivity contribution in [2.45, 2.75) is 58.2 Å². The molecule has 3 unspecified atom stereocenters.